The molecule has 1 nitrogen and oxygen atoms in total. The summed E-state index contributed by atoms with van der Waals surface area (Å²) in [5, 5.41) is 0.691. The van der Waals surface area contributed by atoms with E-state index in [1.54, 1.807) is 0 Å². The Labute approximate surface area is 112 Å². The van der Waals surface area contributed by atoms with Crippen LogP contribution in [-0.2, 0) is 0 Å². The third-order valence-electron chi connectivity index (χ3n) is 3.41. The van der Waals surface area contributed by atoms with E-state index < -0.39 is 0 Å². The fourth-order valence-corrected chi connectivity index (χ4v) is 3.67. The van der Waals surface area contributed by atoms with E-state index in [0.717, 1.165) is 5.69 Å². The van der Waals surface area contributed by atoms with Crippen molar-refractivity contribution in [1.82, 2.24) is 0 Å². The van der Waals surface area contributed by atoms with E-state index in [1.165, 1.54) is 22.4 Å². The maximum atomic E-state index is 6.03. The molecule has 1 aliphatic rings. The molecule has 0 spiro atoms. The molecule has 2 N–H and O–H groups in total. The average molecular weight is 255 g/mol. The normalized spacial score (nSPS) is 21.8. The van der Waals surface area contributed by atoms with E-state index in [0.29, 0.717) is 11.2 Å². The highest BCUT2D eigenvalue weighted by Gasteiger charge is 2.39. The summed E-state index contributed by atoms with van der Waals surface area (Å²) in [4.78, 5) is 1.23. The minimum atomic E-state index is 0.691. The van der Waals surface area contributed by atoms with Crippen molar-refractivity contribution in [2.45, 2.75) is 29.4 Å². The SMILES string of the molecule is Cc1ccc(N)c(SC2CC2c2ccccc2)c1. The van der Waals surface area contributed by atoms with Gasteiger partial charge in [0, 0.05) is 15.8 Å². The van der Waals surface area contributed by atoms with Crippen molar-refractivity contribution >= 4 is 17.4 Å². The van der Waals surface area contributed by atoms with E-state index in [9.17, 15) is 0 Å². The van der Waals surface area contributed by atoms with Crippen LogP contribution in [0, 0.1) is 6.92 Å². The fourth-order valence-electron chi connectivity index (χ4n) is 2.26. The van der Waals surface area contributed by atoms with Gasteiger partial charge in [-0.1, -0.05) is 36.4 Å². The summed E-state index contributed by atoms with van der Waals surface area (Å²) >= 11 is 1.93. The first kappa shape index (κ1) is 11.7. The van der Waals surface area contributed by atoms with Gasteiger partial charge in [0.25, 0.3) is 0 Å². The maximum Gasteiger partial charge on any atom is 0.0452 e. The molecule has 0 heterocycles. The highest BCUT2D eigenvalue weighted by molar-refractivity contribution is 8.00. The molecule has 2 atom stereocenters. The lowest BCUT2D eigenvalue weighted by molar-refractivity contribution is 1.13. The molecule has 2 aromatic rings. The third-order valence-corrected chi connectivity index (χ3v) is 4.84. The number of anilines is 1. The van der Waals surface area contributed by atoms with Crippen LogP contribution in [0.5, 0.6) is 0 Å². The smallest absolute Gasteiger partial charge is 0.0452 e. The molecule has 1 aliphatic carbocycles. The van der Waals surface area contributed by atoms with Gasteiger partial charge >= 0.3 is 0 Å². The molecule has 0 saturated heterocycles. The number of nitrogen functional groups attached to an aromatic ring is 1. The van der Waals surface area contributed by atoms with Gasteiger partial charge in [-0.3, -0.25) is 0 Å². The molecule has 0 aliphatic heterocycles. The summed E-state index contributed by atoms with van der Waals surface area (Å²) in [6, 6.07) is 17.0. The highest BCUT2D eigenvalue weighted by atomic mass is 32.2. The van der Waals surface area contributed by atoms with E-state index >= 15 is 0 Å². The predicted octanol–water partition coefficient (Wildman–Crippen LogP) is 4.23. The summed E-state index contributed by atoms with van der Waals surface area (Å²) in [6.07, 6.45) is 1.27. The monoisotopic (exact) mass is 255 g/mol. The second-order valence-corrected chi connectivity index (χ2v) is 6.23. The second-order valence-electron chi connectivity index (χ2n) is 4.95. The molecule has 2 unspecified atom stereocenters. The number of aryl methyl sites for hydroxylation is 1. The van der Waals surface area contributed by atoms with Gasteiger partial charge < -0.3 is 5.73 Å². The molecule has 1 saturated carbocycles. The fraction of sp³-hybridized carbons (Fsp3) is 0.250. The number of benzene rings is 2. The Balaban J connectivity index is 1.71. The van der Waals surface area contributed by atoms with Gasteiger partial charge in [0.05, 0.1) is 0 Å². The van der Waals surface area contributed by atoms with Gasteiger partial charge in [-0.2, -0.15) is 0 Å². The molecule has 0 bridgehead atoms. The predicted molar refractivity (Wildman–Crippen MR) is 79.0 cm³/mol. The maximum absolute atomic E-state index is 6.03. The second kappa shape index (κ2) is 4.69. The Bertz CT molecular complexity index is 550. The molecular formula is C16H17NS. The molecular weight excluding hydrogens is 238 g/mol. The van der Waals surface area contributed by atoms with Crippen molar-refractivity contribution in [3.63, 3.8) is 0 Å². The van der Waals surface area contributed by atoms with Crippen molar-refractivity contribution in [3.05, 3.63) is 59.7 Å². The lowest BCUT2D eigenvalue weighted by atomic mass is 10.1. The zero-order valence-corrected chi connectivity index (χ0v) is 11.3. The van der Waals surface area contributed by atoms with Crippen LogP contribution in [-0.4, -0.2) is 5.25 Å². The van der Waals surface area contributed by atoms with Crippen molar-refractivity contribution in [2.75, 3.05) is 5.73 Å². The van der Waals surface area contributed by atoms with Crippen LogP contribution < -0.4 is 5.73 Å². The van der Waals surface area contributed by atoms with Crippen molar-refractivity contribution < 1.29 is 0 Å². The number of thioether (sulfide) groups is 1. The van der Waals surface area contributed by atoms with Crippen molar-refractivity contribution in [3.8, 4) is 0 Å². The third kappa shape index (κ3) is 2.39. The van der Waals surface area contributed by atoms with E-state index in [2.05, 4.69) is 49.4 Å². The number of rotatable bonds is 3. The van der Waals surface area contributed by atoms with Crippen LogP contribution in [0.15, 0.2) is 53.4 Å². The van der Waals surface area contributed by atoms with Gasteiger partial charge in [-0.25, -0.2) is 0 Å². The van der Waals surface area contributed by atoms with Crippen molar-refractivity contribution in [2.24, 2.45) is 0 Å². The van der Waals surface area contributed by atoms with E-state index in [4.69, 9.17) is 5.73 Å². The summed E-state index contributed by atoms with van der Waals surface area (Å²) in [6.45, 7) is 2.12. The van der Waals surface area contributed by atoms with Crippen LogP contribution in [0.1, 0.15) is 23.5 Å². The largest absolute Gasteiger partial charge is 0.398 e. The standard InChI is InChI=1S/C16H17NS/c1-11-7-8-14(17)16(9-11)18-15-10-13(15)12-5-3-2-4-6-12/h2-9,13,15H,10,17H2,1H3. The van der Waals surface area contributed by atoms with Gasteiger partial charge in [0.15, 0.2) is 0 Å². The molecule has 92 valence electrons. The van der Waals surface area contributed by atoms with Crippen LogP contribution in [0.4, 0.5) is 5.69 Å². The minimum absolute atomic E-state index is 0.691. The summed E-state index contributed by atoms with van der Waals surface area (Å²) in [5.41, 5.74) is 9.68. The van der Waals surface area contributed by atoms with Gasteiger partial charge in [0.1, 0.15) is 0 Å². The molecule has 0 aromatic heterocycles. The van der Waals surface area contributed by atoms with Crippen LogP contribution in [0.25, 0.3) is 0 Å². The van der Waals surface area contributed by atoms with Crippen molar-refractivity contribution in [1.29, 1.82) is 0 Å². The first-order chi connectivity index (χ1) is 8.74. The number of hydrogen-bond acceptors (Lipinski definition) is 2. The first-order valence-corrected chi connectivity index (χ1v) is 7.20. The Kier molecular flexibility index (Phi) is 3.04. The van der Waals surface area contributed by atoms with E-state index in [-0.39, 0.29) is 0 Å². The molecule has 3 rings (SSSR count). The Morgan fingerprint density at radius 3 is 2.67 bits per heavy atom. The Hall–Kier alpha value is -1.41. The molecule has 2 heteroatoms. The molecule has 1 fully saturated rings. The topological polar surface area (TPSA) is 26.0 Å². The van der Waals surface area contributed by atoms with Crippen LogP contribution in [0.2, 0.25) is 0 Å². The van der Waals surface area contributed by atoms with Gasteiger partial charge in [0.2, 0.25) is 0 Å². The lowest BCUT2D eigenvalue weighted by Gasteiger charge is -2.06. The van der Waals surface area contributed by atoms with Crippen LogP contribution >= 0.6 is 11.8 Å². The Morgan fingerprint density at radius 2 is 1.89 bits per heavy atom. The Morgan fingerprint density at radius 1 is 1.11 bits per heavy atom. The summed E-state index contributed by atoms with van der Waals surface area (Å²) in [5.74, 6) is 0.705. The van der Waals surface area contributed by atoms with Gasteiger partial charge in [-0.15, -0.1) is 11.8 Å². The molecule has 18 heavy (non-hydrogen) atoms. The highest BCUT2D eigenvalue weighted by Crippen LogP contribution is 2.52. The van der Waals surface area contributed by atoms with E-state index in [1.807, 2.05) is 17.8 Å². The summed E-state index contributed by atoms with van der Waals surface area (Å²) < 4.78 is 0. The molecule has 0 radical (unpaired) electrons. The van der Waals surface area contributed by atoms with Crippen LogP contribution in [0.3, 0.4) is 0 Å². The zero-order chi connectivity index (χ0) is 12.5. The molecule has 2 aromatic carbocycles. The van der Waals surface area contributed by atoms with Gasteiger partial charge in [-0.05, 0) is 42.5 Å². The minimum Gasteiger partial charge on any atom is -0.398 e. The number of nitrogens with two attached hydrogens (primary N) is 1. The summed E-state index contributed by atoms with van der Waals surface area (Å²) in [7, 11) is 0. The first-order valence-electron chi connectivity index (χ1n) is 6.32. The lowest BCUT2D eigenvalue weighted by Crippen LogP contribution is -1.91. The molecule has 0 amide bonds. The number of hydrogen-bond donors (Lipinski definition) is 1. The quantitative estimate of drug-likeness (QED) is 0.831. The average Bonchev–Trinajstić information content (AvgIpc) is 3.14. The zero-order valence-electron chi connectivity index (χ0n) is 10.5.